The minimum absolute atomic E-state index is 0.369. The van der Waals surface area contributed by atoms with Crippen LogP contribution >= 0.6 is 11.8 Å². The summed E-state index contributed by atoms with van der Waals surface area (Å²) in [6.45, 7) is 2.19. The Morgan fingerprint density at radius 2 is 2.00 bits per heavy atom. The molecule has 0 atom stereocenters. The molecule has 1 saturated carbocycles. The van der Waals surface area contributed by atoms with Crippen molar-refractivity contribution in [2.75, 3.05) is 25.1 Å². The molecule has 0 aliphatic heterocycles. The lowest BCUT2D eigenvalue weighted by Gasteiger charge is -2.11. The average Bonchev–Trinajstić information content (AvgIpc) is 3.03. The van der Waals surface area contributed by atoms with Gasteiger partial charge in [0.15, 0.2) is 0 Å². The topological polar surface area (TPSA) is 35.8 Å². The summed E-state index contributed by atoms with van der Waals surface area (Å²) in [5.41, 5.74) is 0.369. The van der Waals surface area contributed by atoms with E-state index in [-0.39, 0.29) is 0 Å². The molecule has 1 aliphatic carbocycles. The molecular weight excluding hydrogens is 216 g/mol. The molecule has 0 amide bonds. The fraction of sp³-hybridized carbons (Fsp3) is 0.923. The number of thioether (sulfide) groups is 1. The summed E-state index contributed by atoms with van der Waals surface area (Å²) >= 11 is 1.94. The predicted molar refractivity (Wildman–Crippen MR) is 71.6 cm³/mol. The zero-order valence-electron chi connectivity index (χ0n) is 10.4. The first-order chi connectivity index (χ1) is 7.83. The van der Waals surface area contributed by atoms with Crippen LogP contribution in [-0.2, 0) is 0 Å². The third kappa shape index (κ3) is 5.77. The number of nitriles is 1. The Bertz CT molecular complexity index is 218. The molecule has 1 rings (SSSR count). The SMILES string of the molecule is CSCCCCCCNCC1(CC#N)CC1. The molecule has 0 unspecified atom stereocenters. The van der Waals surface area contributed by atoms with Crippen LogP contribution in [0.2, 0.25) is 0 Å². The van der Waals surface area contributed by atoms with E-state index in [0.29, 0.717) is 5.41 Å². The van der Waals surface area contributed by atoms with Crippen molar-refractivity contribution in [2.24, 2.45) is 5.41 Å². The normalized spacial score (nSPS) is 17.0. The van der Waals surface area contributed by atoms with E-state index in [1.54, 1.807) is 0 Å². The third-order valence-corrected chi connectivity index (χ3v) is 4.06. The van der Waals surface area contributed by atoms with Gasteiger partial charge in [-0.2, -0.15) is 17.0 Å². The van der Waals surface area contributed by atoms with Crippen LogP contribution in [0.3, 0.4) is 0 Å². The summed E-state index contributed by atoms with van der Waals surface area (Å²) in [4.78, 5) is 0. The highest BCUT2D eigenvalue weighted by atomic mass is 32.2. The highest BCUT2D eigenvalue weighted by Gasteiger charge is 2.41. The molecule has 2 nitrogen and oxygen atoms in total. The maximum Gasteiger partial charge on any atom is 0.0628 e. The lowest BCUT2D eigenvalue weighted by Crippen LogP contribution is -2.24. The number of hydrogen-bond donors (Lipinski definition) is 1. The van der Waals surface area contributed by atoms with Gasteiger partial charge < -0.3 is 5.32 Å². The fourth-order valence-electron chi connectivity index (χ4n) is 1.96. The first-order valence-corrected chi connectivity index (χ1v) is 7.79. The Balaban J connectivity index is 1.83. The van der Waals surface area contributed by atoms with Crippen molar-refractivity contribution in [1.29, 1.82) is 5.26 Å². The van der Waals surface area contributed by atoms with E-state index < -0.39 is 0 Å². The van der Waals surface area contributed by atoms with Crippen LogP contribution in [0.5, 0.6) is 0 Å². The monoisotopic (exact) mass is 240 g/mol. The van der Waals surface area contributed by atoms with Gasteiger partial charge in [-0.15, -0.1) is 0 Å². The number of unbranched alkanes of at least 4 members (excludes halogenated alkanes) is 3. The van der Waals surface area contributed by atoms with Gasteiger partial charge in [0.1, 0.15) is 0 Å². The number of rotatable bonds is 10. The zero-order valence-corrected chi connectivity index (χ0v) is 11.2. The fourth-order valence-corrected chi connectivity index (χ4v) is 2.46. The molecule has 0 heterocycles. The van der Waals surface area contributed by atoms with E-state index in [4.69, 9.17) is 5.26 Å². The number of nitrogens with zero attached hydrogens (tertiary/aromatic N) is 1. The predicted octanol–water partition coefficient (Wildman–Crippen LogP) is 3.19. The third-order valence-electron chi connectivity index (χ3n) is 3.36. The van der Waals surface area contributed by atoms with Gasteiger partial charge in [-0.05, 0) is 49.7 Å². The van der Waals surface area contributed by atoms with Crippen LogP contribution in [0.4, 0.5) is 0 Å². The molecule has 0 spiro atoms. The lowest BCUT2D eigenvalue weighted by atomic mass is 10.0. The van der Waals surface area contributed by atoms with Crippen molar-refractivity contribution in [3.8, 4) is 6.07 Å². The quantitative estimate of drug-likeness (QED) is 0.596. The second-order valence-corrected chi connectivity index (χ2v) is 5.90. The van der Waals surface area contributed by atoms with Crippen LogP contribution in [-0.4, -0.2) is 25.1 Å². The minimum Gasteiger partial charge on any atom is -0.316 e. The van der Waals surface area contributed by atoms with Crippen molar-refractivity contribution in [1.82, 2.24) is 5.32 Å². The van der Waals surface area contributed by atoms with Gasteiger partial charge in [0, 0.05) is 13.0 Å². The summed E-state index contributed by atoms with van der Waals surface area (Å²) in [7, 11) is 0. The molecule has 1 N–H and O–H groups in total. The van der Waals surface area contributed by atoms with E-state index in [1.165, 1.54) is 44.3 Å². The highest BCUT2D eigenvalue weighted by molar-refractivity contribution is 7.98. The summed E-state index contributed by atoms with van der Waals surface area (Å²) in [6.07, 6.45) is 10.8. The molecule has 0 saturated heterocycles. The highest BCUT2D eigenvalue weighted by Crippen LogP contribution is 2.47. The Labute approximate surface area is 104 Å². The van der Waals surface area contributed by atoms with Gasteiger partial charge in [-0.1, -0.05) is 12.8 Å². The Hall–Kier alpha value is -0.200. The van der Waals surface area contributed by atoms with E-state index >= 15 is 0 Å². The maximum atomic E-state index is 8.69. The molecule has 1 fully saturated rings. The van der Waals surface area contributed by atoms with Crippen LogP contribution in [0.1, 0.15) is 44.9 Å². The Morgan fingerprint density at radius 3 is 2.62 bits per heavy atom. The van der Waals surface area contributed by atoms with E-state index in [9.17, 15) is 0 Å². The summed E-state index contributed by atoms with van der Waals surface area (Å²) in [5.74, 6) is 1.30. The van der Waals surface area contributed by atoms with Crippen molar-refractivity contribution >= 4 is 11.8 Å². The number of nitrogens with one attached hydrogen (secondary N) is 1. The Morgan fingerprint density at radius 1 is 1.25 bits per heavy atom. The maximum absolute atomic E-state index is 8.69. The van der Waals surface area contributed by atoms with Gasteiger partial charge in [-0.25, -0.2) is 0 Å². The molecule has 0 bridgehead atoms. The molecule has 0 aromatic heterocycles. The van der Waals surface area contributed by atoms with Gasteiger partial charge in [0.05, 0.1) is 6.07 Å². The standard InChI is InChI=1S/C13H24N2S/c1-16-11-5-3-2-4-10-15-12-13(6-7-13)8-9-14/h15H,2-8,10-12H2,1H3. The number of hydrogen-bond acceptors (Lipinski definition) is 3. The Kier molecular flexibility index (Phi) is 6.91. The van der Waals surface area contributed by atoms with Crippen molar-refractivity contribution < 1.29 is 0 Å². The lowest BCUT2D eigenvalue weighted by molar-refractivity contribution is 0.459. The largest absolute Gasteiger partial charge is 0.316 e. The molecule has 0 aromatic rings. The second kappa shape index (κ2) is 7.97. The minimum atomic E-state index is 0.369. The molecule has 1 aliphatic rings. The van der Waals surface area contributed by atoms with Crippen LogP contribution < -0.4 is 5.32 Å². The molecule has 0 radical (unpaired) electrons. The zero-order chi connectivity index (χ0) is 11.7. The average molecular weight is 240 g/mol. The van der Waals surface area contributed by atoms with Gasteiger partial charge in [0.25, 0.3) is 0 Å². The van der Waals surface area contributed by atoms with Crippen LogP contribution in [0.25, 0.3) is 0 Å². The second-order valence-electron chi connectivity index (χ2n) is 4.92. The molecule has 16 heavy (non-hydrogen) atoms. The van der Waals surface area contributed by atoms with E-state index in [0.717, 1.165) is 19.5 Å². The van der Waals surface area contributed by atoms with Gasteiger partial charge in [-0.3, -0.25) is 0 Å². The van der Waals surface area contributed by atoms with Crippen LogP contribution in [0, 0.1) is 16.7 Å². The first kappa shape index (κ1) is 13.9. The van der Waals surface area contributed by atoms with Crippen LogP contribution in [0.15, 0.2) is 0 Å². The molecule has 3 heteroatoms. The van der Waals surface area contributed by atoms with Crippen molar-refractivity contribution in [3.05, 3.63) is 0 Å². The molecule has 0 aromatic carbocycles. The van der Waals surface area contributed by atoms with Crippen molar-refractivity contribution in [2.45, 2.75) is 44.9 Å². The van der Waals surface area contributed by atoms with Gasteiger partial charge >= 0.3 is 0 Å². The van der Waals surface area contributed by atoms with E-state index in [2.05, 4.69) is 17.6 Å². The summed E-state index contributed by atoms with van der Waals surface area (Å²) in [5, 5.41) is 12.2. The summed E-state index contributed by atoms with van der Waals surface area (Å²) in [6, 6.07) is 2.30. The van der Waals surface area contributed by atoms with E-state index in [1.807, 2.05) is 11.8 Å². The first-order valence-electron chi connectivity index (χ1n) is 6.40. The summed E-state index contributed by atoms with van der Waals surface area (Å²) < 4.78 is 0. The molecule has 92 valence electrons. The smallest absolute Gasteiger partial charge is 0.0628 e. The van der Waals surface area contributed by atoms with Gasteiger partial charge in [0.2, 0.25) is 0 Å². The molecular formula is C13H24N2S. The van der Waals surface area contributed by atoms with Crippen molar-refractivity contribution in [3.63, 3.8) is 0 Å².